The third-order valence-electron chi connectivity index (χ3n) is 5.27. The maximum atomic E-state index is 11.6. The number of benzene rings is 2. The summed E-state index contributed by atoms with van der Waals surface area (Å²) < 4.78 is 0. The van der Waals surface area contributed by atoms with Gasteiger partial charge >= 0.3 is 5.97 Å². The molecule has 3 rings (SSSR count). The molecule has 2 N–H and O–H groups in total. The van der Waals surface area contributed by atoms with E-state index in [4.69, 9.17) is 0 Å². The Bertz CT molecular complexity index is 900. The Morgan fingerprint density at radius 1 is 0.893 bits per heavy atom. The lowest BCUT2D eigenvalue weighted by molar-refractivity contribution is -0.133. The standard InChI is InChI=1S/C25H28O3/c1-25(2,3)22(24(27)28)16-17-8-10-19(11-9-17)23(18-6-4-5-7-18)20-12-14-21(26)15-13-20/h8-16,26H,4-7H2,1-3H3,(H,27,28). The zero-order chi connectivity index (χ0) is 20.3. The summed E-state index contributed by atoms with van der Waals surface area (Å²) in [7, 11) is 0. The molecule has 1 fully saturated rings. The number of aliphatic carboxylic acids is 1. The van der Waals surface area contributed by atoms with E-state index in [1.807, 2.05) is 45.0 Å². The number of carboxylic acid groups (broad SMARTS) is 1. The van der Waals surface area contributed by atoms with Crippen molar-refractivity contribution < 1.29 is 15.0 Å². The summed E-state index contributed by atoms with van der Waals surface area (Å²) in [6, 6.07) is 15.5. The Morgan fingerprint density at radius 2 is 1.39 bits per heavy atom. The van der Waals surface area contributed by atoms with E-state index in [0.717, 1.165) is 29.5 Å². The molecule has 0 atom stereocenters. The van der Waals surface area contributed by atoms with Crippen LogP contribution in [0.1, 0.15) is 63.1 Å². The second-order valence-corrected chi connectivity index (χ2v) is 8.47. The van der Waals surface area contributed by atoms with Crippen molar-refractivity contribution >= 4 is 17.6 Å². The molecule has 2 aromatic rings. The van der Waals surface area contributed by atoms with Crippen LogP contribution in [0, 0.1) is 5.41 Å². The molecule has 3 nitrogen and oxygen atoms in total. The van der Waals surface area contributed by atoms with Gasteiger partial charge in [-0.15, -0.1) is 0 Å². The van der Waals surface area contributed by atoms with Crippen LogP contribution in [0.4, 0.5) is 0 Å². The number of rotatable bonds is 4. The molecule has 2 aromatic carbocycles. The smallest absolute Gasteiger partial charge is 0.332 e. The summed E-state index contributed by atoms with van der Waals surface area (Å²) >= 11 is 0. The molecule has 0 saturated heterocycles. The fraction of sp³-hybridized carbons (Fsp3) is 0.320. The van der Waals surface area contributed by atoms with Crippen molar-refractivity contribution in [1.82, 2.24) is 0 Å². The predicted octanol–water partition coefficient (Wildman–Crippen LogP) is 6.28. The second kappa shape index (κ2) is 8.05. The van der Waals surface area contributed by atoms with E-state index in [2.05, 4.69) is 12.1 Å². The van der Waals surface area contributed by atoms with E-state index < -0.39 is 11.4 Å². The Morgan fingerprint density at radius 3 is 1.86 bits per heavy atom. The average Bonchev–Trinajstić information content (AvgIpc) is 3.15. The second-order valence-electron chi connectivity index (χ2n) is 8.47. The van der Waals surface area contributed by atoms with Crippen molar-refractivity contribution in [3.8, 4) is 5.75 Å². The van der Waals surface area contributed by atoms with Crippen LogP contribution >= 0.6 is 0 Å². The van der Waals surface area contributed by atoms with Gasteiger partial charge < -0.3 is 10.2 Å². The molecule has 0 aliphatic heterocycles. The Labute approximate surface area is 167 Å². The predicted molar refractivity (Wildman–Crippen MR) is 114 cm³/mol. The summed E-state index contributed by atoms with van der Waals surface area (Å²) in [5.41, 5.74) is 5.79. The lowest BCUT2D eigenvalue weighted by Crippen LogP contribution is -2.17. The first-order chi connectivity index (χ1) is 13.3. The maximum absolute atomic E-state index is 11.6. The van der Waals surface area contributed by atoms with Gasteiger partial charge in [-0.1, -0.05) is 62.7 Å². The van der Waals surface area contributed by atoms with E-state index in [1.165, 1.54) is 24.0 Å². The molecule has 0 heterocycles. The molecule has 28 heavy (non-hydrogen) atoms. The molecule has 1 saturated carbocycles. The van der Waals surface area contributed by atoms with Gasteiger partial charge in [-0.3, -0.25) is 0 Å². The van der Waals surface area contributed by atoms with Crippen LogP contribution < -0.4 is 0 Å². The third-order valence-corrected chi connectivity index (χ3v) is 5.27. The van der Waals surface area contributed by atoms with E-state index in [-0.39, 0.29) is 5.75 Å². The zero-order valence-electron chi connectivity index (χ0n) is 16.8. The molecule has 3 heteroatoms. The van der Waals surface area contributed by atoms with Crippen LogP contribution in [-0.4, -0.2) is 16.2 Å². The van der Waals surface area contributed by atoms with Gasteiger partial charge in [-0.2, -0.15) is 0 Å². The van der Waals surface area contributed by atoms with Gasteiger partial charge in [0, 0.05) is 5.57 Å². The van der Waals surface area contributed by atoms with Crippen molar-refractivity contribution in [2.75, 3.05) is 0 Å². The van der Waals surface area contributed by atoms with Gasteiger partial charge in [0.15, 0.2) is 0 Å². The van der Waals surface area contributed by atoms with Gasteiger partial charge in [-0.25, -0.2) is 4.79 Å². The number of carbonyl (C=O) groups is 1. The first kappa shape index (κ1) is 19.9. The normalized spacial score (nSPS) is 15.0. The van der Waals surface area contributed by atoms with Crippen LogP contribution in [0.3, 0.4) is 0 Å². The van der Waals surface area contributed by atoms with Gasteiger partial charge in [0.1, 0.15) is 5.75 Å². The van der Waals surface area contributed by atoms with Gasteiger partial charge in [0.05, 0.1) is 0 Å². The highest BCUT2D eigenvalue weighted by molar-refractivity contribution is 5.93. The molecule has 1 aliphatic carbocycles. The minimum absolute atomic E-state index is 0.267. The van der Waals surface area contributed by atoms with E-state index in [9.17, 15) is 15.0 Å². The fourth-order valence-corrected chi connectivity index (χ4v) is 3.77. The Kier molecular flexibility index (Phi) is 5.73. The summed E-state index contributed by atoms with van der Waals surface area (Å²) in [6.45, 7) is 5.73. The largest absolute Gasteiger partial charge is 0.508 e. The van der Waals surface area contributed by atoms with Gasteiger partial charge in [0.25, 0.3) is 0 Å². The Balaban J connectivity index is 2.01. The molecular weight excluding hydrogens is 348 g/mol. The molecule has 0 radical (unpaired) electrons. The molecule has 0 unspecified atom stereocenters. The van der Waals surface area contributed by atoms with E-state index in [0.29, 0.717) is 5.57 Å². The van der Waals surface area contributed by atoms with Crippen molar-refractivity contribution in [2.24, 2.45) is 5.41 Å². The number of carboxylic acids is 1. The van der Waals surface area contributed by atoms with Crippen LogP contribution in [-0.2, 0) is 4.79 Å². The number of phenols is 1. The van der Waals surface area contributed by atoms with Crippen molar-refractivity contribution in [3.05, 3.63) is 76.4 Å². The Hall–Kier alpha value is -2.81. The van der Waals surface area contributed by atoms with Crippen LogP contribution in [0.2, 0.25) is 0 Å². The molecule has 0 aromatic heterocycles. The highest BCUT2D eigenvalue weighted by Gasteiger charge is 2.23. The SMILES string of the molecule is CC(C)(C)C(=Cc1ccc(C(=C2CCCC2)c2ccc(O)cc2)cc1)C(=O)O. The summed E-state index contributed by atoms with van der Waals surface area (Å²) in [5.74, 6) is -0.613. The molecular formula is C25H28O3. The van der Waals surface area contributed by atoms with E-state index >= 15 is 0 Å². The summed E-state index contributed by atoms with van der Waals surface area (Å²) in [6.07, 6.45) is 6.39. The van der Waals surface area contributed by atoms with Gasteiger partial charge in [-0.05, 0) is 71.6 Å². The molecule has 1 aliphatic rings. The van der Waals surface area contributed by atoms with Crippen molar-refractivity contribution in [1.29, 1.82) is 0 Å². The summed E-state index contributed by atoms with van der Waals surface area (Å²) in [4.78, 5) is 11.6. The lowest BCUT2D eigenvalue weighted by Gasteiger charge is -2.19. The molecule has 0 bridgehead atoms. The number of hydrogen-bond acceptors (Lipinski definition) is 2. The first-order valence-electron chi connectivity index (χ1n) is 9.83. The van der Waals surface area contributed by atoms with Crippen LogP contribution in [0.5, 0.6) is 5.75 Å². The molecule has 0 amide bonds. The van der Waals surface area contributed by atoms with Crippen molar-refractivity contribution in [2.45, 2.75) is 46.5 Å². The number of aromatic hydroxyl groups is 1. The van der Waals surface area contributed by atoms with Crippen LogP contribution in [0.15, 0.2) is 59.7 Å². The zero-order valence-corrected chi connectivity index (χ0v) is 16.8. The lowest BCUT2D eigenvalue weighted by atomic mass is 9.85. The molecule has 0 spiro atoms. The van der Waals surface area contributed by atoms with Crippen molar-refractivity contribution in [3.63, 3.8) is 0 Å². The average molecular weight is 376 g/mol. The van der Waals surface area contributed by atoms with Gasteiger partial charge in [0.2, 0.25) is 0 Å². The highest BCUT2D eigenvalue weighted by atomic mass is 16.4. The quantitative estimate of drug-likeness (QED) is 0.617. The minimum Gasteiger partial charge on any atom is -0.508 e. The number of allylic oxidation sites excluding steroid dienone is 1. The topological polar surface area (TPSA) is 57.5 Å². The third kappa shape index (κ3) is 4.53. The monoisotopic (exact) mass is 376 g/mol. The number of phenolic OH excluding ortho intramolecular Hbond substituents is 1. The highest BCUT2D eigenvalue weighted by Crippen LogP contribution is 2.36. The molecule has 146 valence electrons. The fourth-order valence-electron chi connectivity index (χ4n) is 3.77. The number of hydrogen-bond donors (Lipinski definition) is 2. The van der Waals surface area contributed by atoms with Crippen LogP contribution in [0.25, 0.3) is 11.6 Å². The minimum atomic E-state index is -0.880. The van der Waals surface area contributed by atoms with E-state index in [1.54, 1.807) is 18.2 Å². The maximum Gasteiger partial charge on any atom is 0.332 e. The summed E-state index contributed by atoms with van der Waals surface area (Å²) in [5, 5.41) is 19.2. The first-order valence-corrected chi connectivity index (χ1v) is 9.83.